The van der Waals surface area contributed by atoms with Crippen molar-refractivity contribution in [2.75, 3.05) is 12.4 Å². The van der Waals surface area contributed by atoms with Crippen LogP contribution in [-0.4, -0.2) is 18.0 Å². The first-order valence-corrected chi connectivity index (χ1v) is 7.05. The van der Waals surface area contributed by atoms with Gasteiger partial charge in [0.2, 0.25) is 0 Å². The lowest BCUT2D eigenvalue weighted by molar-refractivity contribution is 0.102. The van der Waals surface area contributed by atoms with Gasteiger partial charge in [0.05, 0.1) is 17.6 Å². The highest BCUT2D eigenvalue weighted by atomic mass is 35.5. The van der Waals surface area contributed by atoms with Crippen molar-refractivity contribution < 1.29 is 9.53 Å². The normalized spacial score (nSPS) is 10.5. The maximum absolute atomic E-state index is 12.5. The maximum Gasteiger partial charge on any atom is 0.256 e. The van der Waals surface area contributed by atoms with E-state index in [1.54, 1.807) is 37.6 Å². The minimum Gasteiger partial charge on any atom is -0.495 e. The van der Waals surface area contributed by atoms with Crippen LogP contribution in [0.5, 0.6) is 5.75 Å². The van der Waals surface area contributed by atoms with E-state index < -0.39 is 0 Å². The van der Waals surface area contributed by atoms with Crippen LogP contribution >= 0.6 is 11.6 Å². The molecule has 0 unspecified atom stereocenters. The Morgan fingerprint density at radius 1 is 1.18 bits per heavy atom. The van der Waals surface area contributed by atoms with E-state index in [2.05, 4.69) is 10.3 Å². The number of rotatable bonds is 3. The van der Waals surface area contributed by atoms with Gasteiger partial charge in [-0.05, 0) is 36.4 Å². The summed E-state index contributed by atoms with van der Waals surface area (Å²) in [6.45, 7) is 0. The molecule has 22 heavy (non-hydrogen) atoms. The number of aromatic nitrogens is 1. The molecular weight excluding hydrogens is 300 g/mol. The zero-order chi connectivity index (χ0) is 15.5. The Labute approximate surface area is 132 Å². The van der Waals surface area contributed by atoms with Gasteiger partial charge in [0.1, 0.15) is 5.75 Å². The predicted molar refractivity (Wildman–Crippen MR) is 87.7 cm³/mol. The topological polar surface area (TPSA) is 51.2 Å². The molecule has 1 heterocycles. The number of hydrogen-bond donors (Lipinski definition) is 1. The number of halogens is 1. The molecule has 1 N–H and O–H groups in total. The molecule has 5 heteroatoms. The summed E-state index contributed by atoms with van der Waals surface area (Å²) in [6, 6.07) is 14.2. The number of ether oxygens (including phenoxy) is 1. The van der Waals surface area contributed by atoms with Crippen LogP contribution in [0, 0.1) is 0 Å². The molecule has 0 saturated heterocycles. The van der Waals surface area contributed by atoms with Gasteiger partial charge in [-0.1, -0.05) is 23.7 Å². The van der Waals surface area contributed by atoms with Gasteiger partial charge in [0, 0.05) is 22.8 Å². The van der Waals surface area contributed by atoms with Crippen molar-refractivity contribution in [1.29, 1.82) is 0 Å². The molecule has 1 amide bonds. The fourth-order valence-corrected chi connectivity index (χ4v) is 2.50. The van der Waals surface area contributed by atoms with Gasteiger partial charge in [0.25, 0.3) is 5.91 Å². The van der Waals surface area contributed by atoms with E-state index in [9.17, 15) is 4.79 Å². The average molecular weight is 313 g/mol. The van der Waals surface area contributed by atoms with E-state index in [1.807, 2.05) is 24.3 Å². The van der Waals surface area contributed by atoms with Crippen LogP contribution in [0.2, 0.25) is 5.02 Å². The second kappa shape index (κ2) is 6.03. The number of nitrogens with zero attached hydrogens (tertiary/aromatic N) is 1. The van der Waals surface area contributed by atoms with E-state index in [0.29, 0.717) is 22.0 Å². The smallest absolute Gasteiger partial charge is 0.256 e. The number of amides is 1. The number of carbonyl (C=O) groups is 1. The Hall–Kier alpha value is -2.59. The monoisotopic (exact) mass is 312 g/mol. The number of fused-ring (bicyclic) bond motifs is 1. The molecular formula is C17H13ClN2O2. The van der Waals surface area contributed by atoms with Crippen LogP contribution in [0.3, 0.4) is 0 Å². The molecule has 0 saturated carbocycles. The standard InChI is InChI=1S/C17H13ClN2O2/c1-22-16-8-7-11(10-14(16)18)20-17(21)13-4-2-6-15-12(13)5-3-9-19-15/h2-10H,1H3,(H,20,21). The molecule has 0 aliphatic rings. The lowest BCUT2D eigenvalue weighted by Gasteiger charge is -2.09. The summed E-state index contributed by atoms with van der Waals surface area (Å²) < 4.78 is 5.09. The average Bonchev–Trinajstić information content (AvgIpc) is 2.54. The van der Waals surface area contributed by atoms with E-state index >= 15 is 0 Å². The highest BCUT2D eigenvalue weighted by Gasteiger charge is 2.11. The third-order valence-corrected chi connectivity index (χ3v) is 3.60. The highest BCUT2D eigenvalue weighted by Crippen LogP contribution is 2.27. The van der Waals surface area contributed by atoms with Gasteiger partial charge in [-0.25, -0.2) is 0 Å². The molecule has 0 bridgehead atoms. The number of hydrogen-bond acceptors (Lipinski definition) is 3. The Bertz CT molecular complexity index is 844. The quantitative estimate of drug-likeness (QED) is 0.790. The highest BCUT2D eigenvalue weighted by molar-refractivity contribution is 6.32. The second-order valence-corrected chi connectivity index (χ2v) is 5.09. The molecule has 1 aromatic heterocycles. The molecule has 2 aromatic carbocycles. The molecule has 3 aromatic rings. The molecule has 0 aliphatic heterocycles. The summed E-state index contributed by atoms with van der Waals surface area (Å²) in [4.78, 5) is 16.7. The van der Waals surface area contributed by atoms with Crippen molar-refractivity contribution in [1.82, 2.24) is 4.98 Å². The zero-order valence-electron chi connectivity index (χ0n) is 11.8. The van der Waals surface area contributed by atoms with Crippen LogP contribution in [-0.2, 0) is 0 Å². The number of methoxy groups -OCH3 is 1. The molecule has 0 fully saturated rings. The van der Waals surface area contributed by atoms with Crippen LogP contribution in [0.4, 0.5) is 5.69 Å². The Morgan fingerprint density at radius 3 is 2.82 bits per heavy atom. The number of anilines is 1. The van der Waals surface area contributed by atoms with Gasteiger partial charge in [-0.15, -0.1) is 0 Å². The maximum atomic E-state index is 12.5. The van der Waals surface area contributed by atoms with Crippen molar-refractivity contribution in [3.8, 4) is 5.75 Å². The van der Waals surface area contributed by atoms with Crippen molar-refractivity contribution in [2.45, 2.75) is 0 Å². The van der Waals surface area contributed by atoms with Gasteiger partial charge in [0.15, 0.2) is 0 Å². The molecule has 110 valence electrons. The SMILES string of the molecule is COc1ccc(NC(=O)c2cccc3ncccc23)cc1Cl. The van der Waals surface area contributed by atoms with Gasteiger partial charge < -0.3 is 10.1 Å². The number of benzene rings is 2. The van der Waals surface area contributed by atoms with Crippen LogP contribution in [0.1, 0.15) is 10.4 Å². The molecule has 4 nitrogen and oxygen atoms in total. The summed E-state index contributed by atoms with van der Waals surface area (Å²) in [7, 11) is 1.54. The zero-order valence-corrected chi connectivity index (χ0v) is 12.6. The van der Waals surface area contributed by atoms with E-state index in [1.165, 1.54) is 0 Å². The minimum absolute atomic E-state index is 0.208. The fraction of sp³-hybridized carbons (Fsp3) is 0.0588. The van der Waals surface area contributed by atoms with E-state index in [0.717, 1.165) is 10.9 Å². The van der Waals surface area contributed by atoms with Crippen LogP contribution in [0.25, 0.3) is 10.9 Å². The third-order valence-electron chi connectivity index (χ3n) is 3.30. The van der Waals surface area contributed by atoms with E-state index in [4.69, 9.17) is 16.3 Å². The fourth-order valence-electron chi connectivity index (χ4n) is 2.24. The number of carbonyl (C=O) groups excluding carboxylic acids is 1. The lowest BCUT2D eigenvalue weighted by Crippen LogP contribution is -2.12. The van der Waals surface area contributed by atoms with E-state index in [-0.39, 0.29) is 5.91 Å². The first kappa shape index (κ1) is 14.4. The summed E-state index contributed by atoms with van der Waals surface area (Å²) in [5.74, 6) is 0.355. The molecule has 0 aliphatic carbocycles. The number of pyridine rings is 1. The molecule has 0 spiro atoms. The molecule has 0 atom stereocenters. The molecule has 0 radical (unpaired) electrons. The Kier molecular flexibility index (Phi) is 3.94. The van der Waals surface area contributed by atoms with Crippen LogP contribution in [0.15, 0.2) is 54.7 Å². The number of nitrogens with one attached hydrogen (secondary N) is 1. The summed E-state index contributed by atoms with van der Waals surface area (Å²) >= 11 is 6.07. The van der Waals surface area contributed by atoms with Crippen molar-refractivity contribution in [2.24, 2.45) is 0 Å². The van der Waals surface area contributed by atoms with Crippen molar-refractivity contribution >= 4 is 34.1 Å². The minimum atomic E-state index is -0.208. The largest absolute Gasteiger partial charge is 0.495 e. The van der Waals surface area contributed by atoms with Crippen molar-refractivity contribution in [3.05, 3.63) is 65.3 Å². The summed E-state index contributed by atoms with van der Waals surface area (Å²) in [6.07, 6.45) is 1.70. The lowest BCUT2D eigenvalue weighted by atomic mass is 10.1. The first-order chi connectivity index (χ1) is 10.7. The van der Waals surface area contributed by atoms with Crippen molar-refractivity contribution in [3.63, 3.8) is 0 Å². The predicted octanol–water partition coefficient (Wildman–Crippen LogP) is 4.15. The first-order valence-electron chi connectivity index (χ1n) is 6.67. The second-order valence-electron chi connectivity index (χ2n) is 4.68. The Morgan fingerprint density at radius 2 is 2.05 bits per heavy atom. The summed E-state index contributed by atoms with van der Waals surface area (Å²) in [5, 5.41) is 4.09. The summed E-state index contributed by atoms with van der Waals surface area (Å²) in [5.41, 5.74) is 1.96. The Balaban J connectivity index is 1.92. The van der Waals surface area contributed by atoms with Gasteiger partial charge in [-0.3, -0.25) is 9.78 Å². The van der Waals surface area contributed by atoms with Crippen LogP contribution < -0.4 is 10.1 Å². The third kappa shape index (κ3) is 2.73. The molecule has 3 rings (SSSR count). The van der Waals surface area contributed by atoms with Gasteiger partial charge in [-0.2, -0.15) is 0 Å². The van der Waals surface area contributed by atoms with Gasteiger partial charge >= 0.3 is 0 Å².